The lowest BCUT2D eigenvalue weighted by molar-refractivity contribution is -0.150. The summed E-state index contributed by atoms with van der Waals surface area (Å²) in [7, 11) is -3.41. The van der Waals surface area contributed by atoms with Crippen LogP contribution >= 0.6 is 34.9 Å². The summed E-state index contributed by atoms with van der Waals surface area (Å²) in [6.07, 6.45) is 1.37. The van der Waals surface area contributed by atoms with E-state index in [1.165, 1.54) is 36.6 Å². The number of nitrogens with zero attached hydrogens (tertiary/aromatic N) is 3. The summed E-state index contributed by atoms with van der Waals surface area (Å²) in [5, 5.41) is 16.8. The Morgan fingerprint density at radius 3 is 2.62 bits per heavy atom. The highest BCUT2D eigenvalue weighted by molar-refractivity contribution is 8.14. The number of nitrogens with two attached hydrogens (primary N) is 1. The van der Waals surface area contributed by atoms with Crippen LogP contribution in [0.15, 0.2) is 44.6 Å². The maximum atomic E-state index is 12.8. The zero-order valence-corrected chi connectivity index (χ0v) is 22.8. The van der Waals surface area contributed by atoms with Gasteiger partial charge in [0.1, 0.15) is 29.9 Å². The van der Waals surface area contributed by atoms with E-state index < -0.39 is 39.6 Å². The number of oxime groups is 1. The van der Waals surface area contributed by atoms with Gasteiger partial charge in [0.2, 0.25) is 0 Å². The molecule has 210 valence electrons. The molecule has 2 aromatic heterocycles. The smallest absolute Gasteiger partial charge is 0.394 e. The van der Waals surface area contributed by atoms with E-state index in [2.05, 4.69) is 15.5 Å². The van der Waals surface area contributed by atoms with E-state index >= 15 is 0 Å². The highest BCUT2D eigenvalue weighted by Gasteiger charge is 2.54. The minimum atomic E-state index is -4.67. The fourth-order valence-electron chi connectivity index (χ4n) is 3.31. The number of carboxylic acids is 1. The monoisotopic (exact) mass is 621 g/mol. The van der Waals surface area contributed by atoms with Crippen LogP contribution in [0.4, 0.5) is 5.13 Å². The van der Waals surface area contributed by atoms with Crippen molar-refractivity contribution in [2.45, 2.75) is 11.4 Å². The number of anilines is 1. The standard InChI is InChI=1S/C19H17N5O7S3.H2O4S/c1-30-23-11(9-7-34-19(20)21-9)14(25)22-12-15(26)24-13(17(27)28)8(5-32-16(12)24)6-33-18(29)10-3-2-4-31-10;1-5(2,3)4/h2-4,7,12,16H,5-6H2,1H3,(H2,20,21)(H,22,25)(H,27,28);(H2,1,2,3,4)/t12-,16-;/m1./s1. The van der Waals surface area contributed by atoms with E-state index in [0.717, 1.165) is 28.0 Å². The van der Waals surface area contributed by atoms with Crippen LogP contribution in [0.25, 0.3) is 0 Å². The third-order valence-corrected chi connectivity index (χ3v) is 7.77. The van der Waals surface area contributed by atoms with Crippen molar-refractivity contribution in [3.8, 4) is 0 Å². The second-order valence-corrected chi connectivity index (χ2v) is 11.2. The van der Waals surface area contributed by atoms with Gasteiger partial charge in [0.05, 0.1) is 6.26 Å². The number of aliphatic carboxylic acids is 1. The number of carbonyl (C=O) groups is 4. The maximum absolute atomic E-state index is 12.8. The molecule has 6 N–H and O–H groups in total. The van der Waals surface area contributed by atoms with Crippen LogP contribution in [0.5, 0.6) is 0 Å². The van der Waals surface area contributed by atoms with Crippen molar-refractivity contribution < 1.29 is 51.1 Å². The van der Waals surface area contributed by atoms with Gasteiger partial charge < -0.3 is 25.4 Å². The third-order valence-electron chi connectivity index (χ3n) is 4.80. The van der Waals surface area contributed by atoms with Crippen LogP contribution < -0.4 is 11.1 Å². The van der Waals surface area contributed by atoms with Crippen LogP contribution in [0, 0.1) is 0 Å². The first-order valence-electron chi connectivity index (χ1n) is 10.3. The minimum absolute atomic E-state index is 0.0809. The van der Waals surface area contributed by atoms with Crippen molar-refractivity contribution >= 4 is 79.0 Å². The molecule has 2 aliphatic rings. The number of rotatable bonds is 8. The molecular weight excluding hydrogens is 603 g/mol. The number of furan rings is 1. The third kappa shape index (κ3) is 7.58. The summed E-state index contributed by atoms with van der Waals surface area (Å²) in [6, 6.07) is 2.13. The fraction of sp³-hybridized carbons (Fsp3) is 0.263. The van der Waals surface area contributed by atoms with E-state index in [4.69, 9.17) is 32.5 Å². The van der Waals surface area contributed by atoms with E-state index in [0.29, 0.717) is 5.57 Å². The molecule has 0 saturated carbocycles. The maximum Gasteiger partial charge on any atom is 0.394 e. The number of fused-ring (bicyclic) bond motifs is 1. The van der Waals surface area contributed by atoms with Gasteiger partial charge in [-0.15, -0.1) is 23.1 Å². The van der Waals surface area contributed by atoms with E-state index in [1.807, 2.05) is 0 Å². The molecule has 0 aromatic carbocycles. The minimum Gasteiger partial charge on any atom is -0.477 e. The number of hydrogen-bond donors (Lipinski definition) is 5. The number of nitrogen functional groups attached to an aromatic ring is 1. The van der Waals surface area contributed by atoms with E-state index in [1.54, 1.807) is 6.07 Å². The van der Waals surface area contributed by atoms with Crippen LogP contribution in [-0.4, -0.2) is 91.2 Å². The number of hydrogen-bond acceptors (Lipinski definition) is 14. The molecule has 2 amide bonds. The Hall–Kier alpha value is -3.43. The van der Waals surface area contributed by atoms with Crippen LogP contribution in [0.1, 0.15) is 16.2 Å². The number of thiazole rings is 1. The largest absolute Gasteiger partial charge is 0.477 e. The molecule has 1 fully saturated rings. The summed E-state index contributed by atoms with van der Waals surface area (Å²) in [5.41, 5.74) is 5.89. The van der Waals surface area contributed by atoms with Crippen molar-refractivity contribution in [3.05, 3.63) is 46.5 Å². The number of aromatic nitrogens is 1. The van der Waals surface area contributed by atoms with Crippen LogP contribution in [0.2, 0.25) is 0 Å². The Kier molecular flexibility index (Phi) is 9.74. The molecule has 4 rings (SSSR count). The zero-order valence-electron chi connectivity index (χ0n) is 19.5. The Balaban J connectivity index is 0.000000771. The Labute approximate surface area is 232 Å². The first kappa shape index (κ1) is 30.1. The number of β-lactam (4-membered cyclic amide) rings is 1. The molecule has 0 spiro atoms. The van der Waals surface area contributed by atoms with Crippen molar-refractivity contribution in [3.63, 3.8) is 0 Å². The number of carboxylic acid groups (broad SMARTS) is 1. The van der Waals surface area contributed by atoms with Gasteiger partial charge in [-0.3, -0.25) is 28.4 Å². The SMILES string of the molecule is CON=C(C(=O)N[C@@H]1C(=O)N2C(C(=O)O)=C(CSC(=O)c3ccco3)CS[C@H]12)c1csc(N)n1.O=S(=O)(O)O. The van der Waals surface area contributed by atoms with Gasteiger partial charge >= 0.3 is 16.4 Å². The Morgan fingerprint density at radius 2 is 2.08 bits per heavy atom. The molecule has 16 nitrogen and oxygen atoms in total. The summed E-state index contributed by atoms with van der Waals surface area (Å²) in [6.45, 7) is 0. The lowest BCUT2D eigenvalue weighted by Crippen LogP contribution is -2.71. The van der Waals surface area contributed by atoms with Crippen LogP contribution in [0.3, 0.4) is 0 Å². The highest BCUT2D eigenvalue weighted by Crippen LogP contribution is 2.41. The zero-order chi connectivity index (χ0) is 28.9. The molecule has 0 aliphatic carbocycles. The van der Waals surface area contributed by atoms with Gasteiger partial charge in [-0.1, -0.05) is 16.9 Å². The summed E-state index contributed by atoms with van der Waals surface area (Å²) in [4.78, 5) is 59.6. The van der Waals surface area contributed by atoms with Gasteiger partial charge in [-0.25, -0.2) is 9.78 Å². The van der Waals surface area contributed by atoms with E-state index in [9.17, 15) is 24.3 Å². The Morgan fingerprint density at radius 1 is 1.38 bits per heavy atom. The Bertz CT molecular complexity index is 1430. The van der Waals surface area contributed by atoms with E-state index in [-0.39, 0.29) is 44.6 Å². The highest BCUT2D eigenvalue weighted by atomic mass is 32.3. The second-order valence-electron chi connectivity index (χ2n) is 7.31. The summed E-state index contributed by atoms with van der Waals surface area (Å²) in [5.74, 6) is -2.08. The summed E-state index contributed by atoms with van der Waals surface area (Å²) < 4.78 is 36.6. The first-order valence-corrected chi connectivity index (χ1v) is 14.6. The fourth-order valence-corrected chi connectivity index (χ4v) is 6.14. The lowest BCUT2D eigenvalue weighted by atomic mass is 10.0. The average Bonchev–Trinajstić information content (AvgIpc) is 3.54. The van der Waals surface area contributed by atoms with Gasteiger partial charge in [0.15, 0.2) is 16.6 Å². The molecule has 39 heavy (non-hydrogen) atoms. The van der Waals surface area contributed by atoms with Gasteiger partial charge in [-0.05, 0) is 17.7 Å². The number of nitrogens with one attached hydrogen (secondary N) is 1. The molecule has 2 aliphatic heterocycles. The van der Waals surface area contributed by atoms with Crippen molar-refractivity contribution in [1.29, 1.82) is 0 Å². The number of carbonyl (C=O) groups excluding carboxylic acids is 3. The average molecular weight is 622 g/mol. The van der Waals surface area contributed by atoms with Gasteiger partial charge in [-0.2, -0.15) is 8.42 Å². The molecule has 2 aromatic rings. The first-order chi connectivity index (χ1) is 18.3. The van der Waals surface area contributed by atoms with Crippen molar-refractivity contribution in [2.75, 3.05) is 24.3 Å². The number of amides is 2. The van der Waals surface area contributed by atoms with Crippen LogP contribution in [-0.2, 0) is 29.6 Å². The molecule has 0 unspecified atom stereocenters. The molecule has 1 saturated heterocycles. The second kappa shape index (κ2) is 12.6. The van der Waals surface area contributed by atoms with Gasteiger partial charge in [0.25, 0.3) is 16.9 Å². The van der Waals surface area contributed by atoms with Crippen molar-refractivity contribution in [1.82, 2.24) is 15.2 Å². The predicted molar refractivity (Wildman–Crippen MR) is 139 cm³/mol. The molecule has 20 heteroatoms. The quantitative estimate of drug-likeness (QED) is 0.115. The molecule has 0 radical (unpaired) electrons. The molecule has 0 bridgehead atoms. The summed E-state index contributed by atoms with van der Waals surface area (Å²) >= 11 is 3.29. The molecule has 4 heterocycles. The van der Waals surface area contributed by atoms with Gasteiger partial charge in [0, 0.05) is 16.9 Å². The topological polar surface area (TPSA) is 252 Å². The van der Waals surface area contributed by atoms with Crippen molar-refractivity contribution in [2.24, 2.45) is 5.16 Å². The number of thioether (sulfide) groups is 2. The molecular formula is C19H19N5O11S4. The molecule has 2 atom stereocenters. The normalized spacial score (nSPS) is 18.9. The lowest BCUT2D eigenvalue weighted by Gasteiger charge is -2.49. The predicted octanol–water partition coefficient (Wildman–Crippen LogP) is 0.328.